The van der Waals surface area contributed by atoms with Gasteiger partial charge in [-0.2, -0.15) is 0 Å². The summed E-state index contributed by atoms with van der Waals surface area (Å²) in [5, 5.41) is 9.48. The summed E-state index contributed by atoms with van der Waals surface area (Å²) in [5.41, 5.74) is 1.69. The van der Waals surface area contributed by atoms with Gasteiger partial charge in [-0.25, -0.2) is 4.39 Å². The van der Waals surface area contributed by atoms with Crippen molar-refractivity contribution in [2.24, 2.45) is 0 Å². The summed E-state index contributed by atoms with van der Waals surface area (Å²) in [7, 11) is 0. The van der Waals surface area contributed by atoms with Crippen LogP contribution in [0.25, 0.3) is 0 Å². The van der Waals surface area contributed by atoms with Crippen LogP contribution in [0.4, 0.5) is 4.39 Å². The van der Waals surface area contributed by atoms with Crippen LogP contribution in [0.5, 0.6) is 5.75 Å². The number of hydrogen-bond acceptors (Lipinski definition) is 4. The minimum Gasteiger partial charge on any atom is -0.483 e. The lowest BCUT2D eigenvalue weighted by Gasteiger charge is -2.44. The Balaban J connectivity index is 1.58. The Labute approximate surface area is 179 Å². The molecule has 2 atom stereocenters. The topological polar surface area (TPSA) is 53.0 Å². The third-order valence-corrected chi connectivity index (χ3v) is 5.77. The van der Waals surface area contributed by atoms with Gasteiger partial charge < -0.3 is 14.7 Å². The number of halogens is 2. The Morgan fingerprint density at radius 1 is 1.17 bits per heavy atom. The molecule has 1 heterocycles. The van der Waals surface area contributed by atoms with Crippen molar-refractivity contribution in [1.29, 1.82) is 0 Å². The Bertz CT molecular complexity index is 846. The molecule has 0 saturated carbocycles. The highest BCUT2D eigenvalue weighted by Gasteiger charge is 2.32. The highest BCUT2D eigenvalue weighted by Crippen LogP contribution is 2.24. The number of aliphatic hydroxyl groups is 1. The SMILES string of the molecule is C[C@@H]1CN(C(=O)COc2ccc(Br)cc2CO)[C@@H](C)CN1Cc1ccc(F)cc1. The third kappa shape index (κ3) is 5.56. The molecule has 1 amide bonds. The zero-order valence-electron chi connectivity index (χ0n) is 16.6. The van der Waals surface area contributed by atoms with Gasteiger partial charge in [-0.3, -0.25) is 9.69 Å². The van der Waals surface area contributed by atoms with Crippen molar-refractivity contribution in [3.05, 3.63) is 63.9 Å². The number of piperazine rings is 1. The van der Waals surface area contributed by atoms with Crippen LogP contribution in [0.3, 0.4) is 0 Å². The monoisotopic (exact) mass is 464 g/mol. The van der Waals surface area contributed by atoms with Crippen LogP contribution in [0.15, 0.2) is 46.9 Å². The average molecular weight is 465 g/mol. The standard InChI is InChI=1S/C22H26BrFN2O3/c1-15-11-26(16(2)10-25(15)12-17-3-6-20(24)7-4-17)22(28)14-29-21-8-5-19(23)9-18(21)13-27/h3-9,15-16,27H,10-14H2,1-2H3/t15-,16+/m1/s1. The van der Waals surface area contributed by atoms with E-state index in [1.807, 2.05) is 17.9 Å². The van der Waals surface area contributed by atoms with E-state index in [1.54, 1.807) is 24.3 Å². The van der Waals surface area contributed by atoms with E-state index in [0.717, 1.165) is 23.1 Å². The minimum atomic E-state index is -0.235. The van der Waals surface area contributed by atoms with Gasteiger partial charge in [-0.05, 0) is 49.7 Å². The van der Waals surface area contributed by atoms with Crippen LogP contribution in [0.2, 0.25) is 0 Å². The summed E-state index contributed by atoms with van der Waals surface area (Å²) in [6, 6.07) is 12.1. The van der Waals surface area contributed by atoms with Crippen molar-refractivity contribution in [3.8, 4) is 5.75 Å². The van der Waals surface area contributed by atoms with E-state index in [9.17, 15) is 14.3 Å². The molecule has 1 aliphatic rings. The molecule has 0 bridgehead atoms. The molecule has 1 N–H and O–H groups in total. The first-order valence-electron chi connectivity index (χ1n) is 9.67. The Morgan fingerprint density at radius 3 is 2.59 bits per heavy atom. The number of ether oxygens (including phenoxy) is 1. The average Bonchev–Trinajstić information content (AvgIpc) is 2.70. The van der Waals surface area contributed by atoms with Gasteiger partial charge in [0.25, 0.3) is 5.91 Å². The van der Waals surface area contributed by atoms with Crippen molar-refractivity contribution in [1.82, 2.24) is 9.80 Å². The Hall–Kier alpha value is -1.96. The molecule has 2 aromatic rings. The first kappa shape index (κ1) is 21.7. The van der Waals surface area contributed by atoms with Crippen LogP contribution < -0.4 is 4.74 Å². The van der Waals surface area contributed by atoms with Gasteiger partial charge in [0, 0.05) is 41.8 Å². The molecule has 0 spiro atoms. The van der Waals surface area contributed by atoms with Crippen LogP contribution in [-0.2, 0) is 17.9 Å². The molecule has 0 aliphatic carbocycles. The quantitative estimate of drug-likeness (QED) is 0.709. The number of benzene rings is 2. The maximum atomic E-state index is 13.1. The number of hydrogen-bond donors (Lipinski definition) is 1. The van der Waals surface area contributed by atoms with Gasteiger partial charge in [0.2, 0.25) is 0 Å². The van der Waals surface area contributed by atoms with Gasteiger partial charge in [0.05, 0.1) is 6.61 Å². The summed E-state index contributed by atoms with van der Waals surface area (Å²) >= 11 is 3.36. The molecule has 1 fully saturated rings. The molecule has 1 saturated heterocycles. The lowest BCUT2D eigenvalue weighted by Crippen LogP contribution is -2.58. The molecule has 0 radical (unpaired) electrons. The molecule has 2 aromatic carbocycles. The predicted molar refractivity (Wildman–Crippen MR) is 113 cm³/mol. The van der Waals surface area contributed by atoms with E-state index in [-0.39, 0.29) is 37.0 Å². The number of nitrogens with zero attached hydrogens (tertiary/aromatic N) is 2. The summed E-state index contributed by atoms with van der Waals surface area (Å²) in [6.45, 7) is 5.97. The normalized spacial score (nSPS) is 20.0. The molecule has 3 rings (SSSR count). The zero-order valence-corrected chi connectivity index (χ0v) is 18.2. The molecule has 7 heteroatoms. The van der Waals surface area contributed by atoms with Crippen LogP contribution >= 0.6 is 15.9 Å². The molecule has 0 aromatic heterocycles. The Morgan fingerprint density at radius 2 is 1.90 bits per heavy atom. The lowest BCUT2D eigenvalue weighted by atomic mass is 10.1. The number of carbonyl (C=O) groups is 1. The number of amides is 1. The van der Waals surface area contributed by atoms with E-state index in [4.69, 9.17) is 4.74 Å². The van der Waals surface area contributed by atoms with Crippen molar-refractivity contribution < 1.29 is 19.0 Å². The first-order valence-corrected chi connectivity index (χ1v) is 10.5. The van der Waals surface area contributed by atoms with Crippen molar-refractivity contribution in [2.75, 3.05) is 19.7 Å². The second kappa shape index (κ2) is 9.69. The van der Waals surface area contributed by atoms with Crippen LogP contribution in [-0.4, -0.2) is 52.6 Å². The van der Waals surface area contributed by atoms with Gasteiger partial charge in [0.1, 0.15) is 11.6 Å². The highest BCUT2D eigenvalue weighted by atomic mass is 79.9. The summed E-state index contributed by atoms with van der Waals surface area (Å²) in [4.78, 5) is 16.9. The number of aliphatic hydroxyl groups excluding tert-OH is 1. The fourth-order valence-corrected chi connectivity index (χ4v) is 4.03. The number of carbonyl (C=O) groups excluding carboxylic acids is 1. The maximum Gasteiger partial charge on any atom is 0.260 e. The van der Waals surface area contributed by atoms with Gasteiger partial charge in [-0.15, -0.1) is 0 Å². The fourth-order valence-electron chi connectivity index (χ4n) is 3.63. The summed E-state index contributed by atoms with van der Waals surface area (Å²) in [5.74, 6) is 0.206. The second-order valence-corrected chi connectivity index (χ2v) is 8.41. The van der Waals surface area contributed by atoms with E-state index >= 15 is 0 Å². The number of rotatable bonds is 6. The second-order valence-electron chi connectivity index (χ2n) is 7.50. The van der Waals surface area contributed by atoms with Gasteiger partial charge >= 0.3 is 0 Å². The molecular formula is C22H26BrFN2O3. The predicted octanol–water partition coefficient (Wildman–Crippen LogP) is 3.58. The van der Waals surface area contributed by atoms with E-state index in [1.165, 1.54) is 12.1 Å². The largest absolute Gasteiger partial charge is 0.483 e. The smallest absolute Gasteiger partial charge is 0.260 e. The van der Waals surface area contributed by atoms with Crippen molar-refractivity contribution in [3.63, 3.8) is 0 Å². The van der Waals surface area contributed by atoms with Gasteiger partial charge in [-0.1, -0.05) is 28.1 Å². The van der Waals surface area contributed by atoms with Crippen molar-refractivity contribution >= 4 is 21.8 Å². The fraction of sp³-hybridized carbons (Fsp3) is 0.409. The van der Waals surface area contributed by atoms with Gasteiger partial charge in [0.15, 0.2) is 6.61 Å². The summed E-state index contributed by atoms with van der Waals surface area (Å²) in [6.07, 6.45) is 0. The van der Waals surface area contributed by atoms with Crippen LogP contribution in [0.1, 0.15) is 25.0 Å². The third-order valence-electron chi connectivity index (χ3n) is 5.28. The Kier molecular flexibility index (Phi) is 7.27. The lowest BCUT2D eigenvalue weighted by molar-refractivity contribution is -0.139. The highest BCUT2D eigenvalue weighted by molar-refractivity contribution is 9.10. The maximum absolute atomic E-state index is 13.1. The minimum absolute atomic E-state index is 0.0463. The molecule has 156 valence electrons. The van der Waals surface area contributed by atoms with E-state index < -0.39 is 0 Å². The molecular weight excluding hydrogens is 439 g/mol. The first-order chi connectivity index (χ1) is 13.9. The summed E-state index contributed by atoms with van der Waals surface area (Å²) < 4.78 is 19.7. The van der Waals surface area contributed by atoms with E-state index in [0.29, 0.717) is 17.9 Å². The molecule has 1 aliphatic heterocycles. The van der Waals surface area contributed by atoms with E-state index in [2.05, 4.69) is 27.8 Å². The zero-order chi connectivity index (χ0) is 21.0. The van der Waals surface area contributed by atoms with Crippen LogP contribution in [0, 0.1) is 5.82 Å². The molecule has 0 unspecified atom stereocenters. The van der Waals surface area contributed by atoms with Crippen molar-refractivity contribution in [2.45, 2.75) is 39.1 Å². The molecule has 29 heavy (non-hydrogen) atoms. The molecule has 5 nitrogen and oxygen atoms in total.